The van der Waals surface area contributed by atoms with Gasteiger partial charge in [0.1, 0.15) is 11.7 Å². The number of aryl methyl sites for hydroxylation is 1. The molecule has 0 aliphatic carbocycles. The third-order valence-corrected chi connectivity index (χ3v) is 2.33. The van der Waals surface area contributed by atoms with Crippen molar-refractivity contribution >= 4 is 0 Å². The summed E-state index contributed by atoms with van der Waals surface area (Å²) < 4.78 is 32.3. The Morgan fingerprint density at radius 3 is 2.75 bits per heavy atom. The van der Waals surface area contributed by atoms with Crippen molar-refractivity contribution in [3.63, 3.8) is 0 Å². The Balaban J connectivity index is 2.95. The summed E-state index contributed by atoms with van der Waals surface area (Å²) in [6.45, 7) is 2.46. The summed E-state index contributed by atoms with van der Waals surface area (Å²) in [5.41, 5.74) is 0.381. The van der Waals surface area contributed by atoms with E-state index in [-0.39, 0.29) is 0 Å². The molecular formula is C10H17F2N3O. The molecule has 16 heavy (non-hydrogen) atoms. The van der Waals surface area contributed by atoms with Crippen LogP contribution in [0.3, 0.4) is 0 Å². The van der Waals surface area contributed by atoms with E-state index < -0.39 is 12.5 Å². The van der Waals surface area contributed by atoms with E-state index in [4.69, 9.17) is 4.74 Å². The van der Waals surface area contributed by atoms with Gasteiger partial charge in [0.05, 0.1) is 13.3 Å². The second-order valence-electron chi connectivity index (χ2n) is 3.49. The zero-order chi connectivity index (χ0) is 12.1. The van der Waals surface area contributed by atoms with Crippen molar-refractivity contribution < 1.29 is 13.5 Å². The third kappa shape index (κ3) is 2.69. The van der Waals surface area contributed by atoms with Crippen LogP contribution in [0.1, 0.15) is 25.1 Å². The van der Waals surface area contributed by atoms with Gasteiger partial charge in [0.15, 0.2) is 5.75 Å². The lowest BCUT2D eigenvalue weighted by Crippen LogP contribution is -2.30. The molecule has 0 saturated heterocycles. The molecule has 0 bridgehead atoms. The van der Waals surface area contributed by atoms with Crippen molar-refractivity contribution in [1.29, 1.82) is 0 Å². The van der Waals surface area contributed by atoms with Gasteiger partial charge in [-0.15, -0.1) is 0 Å². The Labute approximate surface area is 93.6 Å². The van der Waals surface area contributed by atoms with Gasteiger partial charge in [-0.05, 0) is 13.0 Å². The van der Waals surface area contributed by atoms with Crippen molar-refractivity contribution in [2.75, 3.05) is 13.7 Å². The minimum Gasteiger partial charge on any atom is -0.493 e. The van der Waals surface area contributed by atoms with Crippen LogP contribution in [0.4, 0.5) is 8.78 Å². The number of hydrogen-bond donors (Lipinski definition) is 1. The highest BCUT2D eigenvalue weighted by atomic mass is 19.3. The Morgan fingerprint density at radius 2 is 2.25 bits per heavy atom. The molecule has 6 heteroatoms. The van der Waals surface area contributed by atoms with Gasteiger partial charge in [0, 0.05) is 7.05 Å². The number of aromatic nitrogens is 2. The molecule has 1 unspecified atom stereocenters. The van der Waals surface area contributed by atoms with Crippen LogP contribution in [0, 0.1) is 0 Å². The first kappa shape index (κ1) is 12.9. The lowest BCUT2D eigenvalue weighted by Gasteiger charge is -2.18. The van der Waals surface area contributed by atoms with Gasteiger partial charge in [-0.3, -0.25) is 4.68 Å². The topological polar surface area (TPSA) is 39.1 Å². The SMILES string of the molecule is CCCNC(c1c(OC)cnn1C)C(F)F. The fourth-order valence-electron chi connectivity index (χ4n) is 1.54. The van der Waals surface area contributed by atoms with Gasteiger partial charge in [-0.1, -0.05) is 6.92 Å². The molecule has 1 rings (SSSR count). The molecule has 4 nitrogen and oxygen atoms in total. The molecule has 0 fully saturated rings. The first-order valence-electron chi connectivity index (χ1n) is 5.19. The maximum atomic E-state index is 12.9. The van der Waals surface area contributed by atoms with E-state index in [1.165, 1.54) is 18.0 Å². The van der Waals surface area contributed by atoms with Crippen LogP contribution in [0.5, 0.6) is 5.75 Å². The summed E-state index contributed by atoms with van der Waals surface area (Å²) in [6, 6.07) is -1.04. The first-order chi connectivity index (χ1) is 7.61. The number of nitrogens with one attached hydrogen (secondary N) is 1. The quantitative estimate of drug-likeness (QED) is 0.813. The van der Waals surface area contributed by atoms with Crippen LogP contribution < -0.4 is 10.1 Å². The van der Waals surface area contributed by atoms with E-state index in [1.807, 2.05) is 6.92 Å². The van der Waals surface area contributed by atoms with Crippen LogP contribution in [-0.4, -0.2) is 29.9 Å². The molecule has 1 aromatic rings. The molecule has 1 heterocycles. The number of rotatable bonds is 6. The average molecular weight is 233 g/mol. The first-order valence-corrected chi connectivity index (χ1v) is 5.19. The summed E-state index contributed by atoms with van der Waals surface area (Å²) in [5.74, 6) is 0.386. The van der Waals surface area contributed by atoms with Crippen LogP contribution >= 0.6 is 0 Å². The number of hydrogen-bond acceptors (Lipinski definition) is 3. The van der Waals surface area contributed by atoms with Crippen molar-refractivity contribution in [3.8, 4) is 5.75 Å². The van der Waals surface area contributed by atoms with E-state index in [1.54, 1.807) is 7.05 Å². The molecule has 0 saturated carbocycles. The molecule has 1 aromatic heterocycles. The summed E-state index contributed by atoms with van der Waals surface area (Å²) >= 11 is 0. The molecule has 92 valence electrons. The van der Waals surface area contributed by atoms with E-state index >= 15 is 0 Å². The fraction of sp³-hybridized carbons (Fsp3) is 0.700. The molecular weight excluding hydrogens is 216 g/mol. The number of methoxy groups -OCH3 is 1. The standard InChI is InChI=1S/C10H17F2N3O/c1-4-5-13-8(10(11)12)9-7(16-3)6-14-15(9)2/h6,8,10,13H,4-5H2,1-3H3. The summed E-state index contributed by atoms with van der Waals surface area (Å²) in [6.07, 6.45) is -0.252. The second-order valence-corrected chi connectivity index (χ2v) is 3.49. The monoisotopic (exact) mass is 233 g/mol. The van der Waals surface area contributed by atoms with Crippen LogP contribution in [0.2, 0.25) is 0 Å². The molecule has 1 N–H and O–H groups in total. The zero-order valence-corrected chi connectivity index (χ0v) is 9.70. The zero-order valence-electron chi connectivity index (χ0n) is 9.70. The number of nitrogens with zero attached hydrogens (tertiary/aromatic N) is 2. The highest BCUT2D eigenvalue weighted by molar-refractivity contribution is 5.28. The molecule has 0 amide bonds. The minimum atomic E-state index is -2.49. The minimum absolute atomic E-state index is 0.381. The largest absolute Gasteiger partial charge is 0.493 e. The lowest BCUT2D eigenvalue weighted by molar-refractivity contribution is 0.0934. The van der Waals surface area contributed by atoms with Gasteiger partial charge in [-0.25, -0.2) is 8.78 Å². The molecule has 0 aliphatic rings. The summed E-state index contributed by atoms with van der Waals surface area (Å²) in [5, 5.41) is 6.71. The van der Waals surface area contributed by atoms with Gasteiger partial charge < -0.3 is 10.1 Å². The Kier molecular flexibility index (Phi) is 4.67. The number of alkyl halides is 2. The Bertz CT molecular complexity index is 328. The van der Waals surface area contributed by atoms with E-state index in [9.17, 15) is 8.78 Å². The predicted octanol–water partition coefficient (Wildman–Crippen LogP) is 1.73. The van der Waals surface area contributed by atoms with E-state index in [0.717, 1.165) is 6.42 Å². The van der Waals surface area contributed by atoms with Crippen molar-refractivity contribution in [2.24, 2.45) is 7.05 Å². The molecule has 0 aromatic carbocycles. The molecule has 0 spiro atoms. The highest BCUT2D eigenvalue weighted by Gasteiger charge is 2.28. The van der Waals surface area contributed by atoms with Gasteiger partial charge in [0.25, 0.3) is 6.43 Å². The maximum Gasteiger partial charge on any atom is 0.259 e. The van der Waals surface area contributed by atoms with Crippen LogP contribution in [0.25, 0.3) is 0 Å². The van der Waals surface area contributed by atoms with Crippen LogP contribution in [-0.2, 0) is 7.05 Å². The highest BCUT2D eigenvalue weighted by Crippen LogP contribution is 2.28. The van der Waals surface area contributed by atoms with Crippen molar-refractivity contribution in [2.45, 2.75) is 25.8 Å². The Morgan fingerprint density at radius 1 is 1.56 bits per heavy atom. The van der Waals surface area contributed by atoms with E-state index in [0.29, 0.717) is 18.0 Å². The van der Waals surface area contributed by atoms with Crippen LogP contribution in [0.15, 0.2) is 6.20 Å². The summed E-state index contributed by atoms with van der Waals surface area (Å²) in [4.78, 5) is 0. The third-order valence-electron chi connectivity index (χ3n) is 2.33. The normalized spacial score (nSPS) is 13.1. The van der Waals surface area contributed by atoms with Gasteiger partial charge in [0.2, 0.25) is 0 Å². The Hall–Kier alpha value is -1.17. The second kappa shape index (κ2) is 5.79. The van der Waals surface area contributed by atoms with Gasteiger partial charge >= 0.3 is 0 Å². The average Bonchev–Trinajstić information content (AvgIpc) is 2.61. The molecule has 0 radical (unpaired) electrons. The van der Waals surface area contributed by atoms with Gasteiger partial charge in [-0.2, -0.15) is 5.10 Å². The molecule has 1 atom stereocenters. The van der Waals surface area contributed by atoms with E-state index in [2.05, 4.69) is 10.4 Å². The number of halogens is 2. The smallest absolute Gasteiger partial charge is 0.259 e. The fourth-order valence-corrected chi connectivity index (χ4v) is 1.54. The van der Waals surface area contributed by atoms with Crippen molar-refractivity contribution in [1.82, 2.24) is 15.1 Å². The summed E-state index contributed by atoms with van der Waals surface area (Å²) in [7, 11) is 3.07. The number of ether oxygens (including phenoxy) is 1. The maximum absolute atomic E-state index is 12.9. The lowest BCUT2D eigenvalue weighted by atomic mass is 10.2. The predicted molar refractivity (Wildman–Crippen MR) is 56.8 cm³/mol. The molecule has 0 aliphatic heterocycles. The van der Waals surface area contributed by atoms with Crippen molar-refractivity contribution in [3.05, 3.63) is 11.9 Å².